The van der Waals surface area contributed by atoms with E-state index in [0.29, 0.717) is 11.3 Å². The number of carbonyl (C=O) groups excluding carboxylic acids is 1. The van der Waals surface area contributed by atoms with Crippen LogP contribution in [0.1, 0.15) is 11.1 Å². The van der Waals surface area contributed by atoms with Crippen LogP contribution in [0.2, 0.25) is 0 Å². The van der Waals surface area contributed by atoms with Crippen molar-refractivity contribution in [2.45, 2.75) is 0 Å². The summed E-state index contributed by atoms with van der Waals surface area (Å²) in [7, 11) is 1.59. The molecule has 3 nitrogen and oxygen atoms in total. The Balaban J connectivity index is 2.08. The molecule has 0 aromatic heterocycles. The van der Waals surface area contributed by atoms with Gasteiger partial charge in [0, 0.05) is 11.1 Å². The highest BCUT2D eigenvalue weighted by Crippen LogP contribution is 2.19. The second-order valence-corrected chi connectivity index (χ2v) is 4.37. The summed E-state index contributed by atoms with van der Waals surface area (Å²) in [6.45, 7) is 0. The van der Waals surface area contributed by atoms with Gasteiger partial charge in [0.05, 0.1) is 7.11 Å². The number of carbonyl (C=O) groups is 1. The molecule has 2 aromatic carbocycles. The highest BCUT2D eigenvalue weighted by atomic mass is 16.5. The number of aromatic hydroxyl groups is 1. The number of phenolic OH excluding ortho intramolecular Hbond substituents is 1. The topological polar surface area (TPSA) is 46.5 Å². The Morgan fingerprint density at radius 1 is 0.952 bits per heavy atom. The highest BCUT2D eigenvalue weighted by Gasteiger charge is 1.98. The molecule has 0 bridgehead atoms. The van der Waals surface area contributed by atoms with Crippen molar-refractivity contribution in [3.05, 3.63) is 71.8 Å². The number of hydrogen-bond donors (Lipinski definition) is 1. The summed E-state index contributed by atoms with van der Waals surface area (Å²) in [5.41, 5.74) is 1.45. The summed E-state index contributed by atoms with van der Waals surface area (Å²) in [6, 6.07) is 14.3. The molecule has 0 saturated carbocycles. The van der Waals surface area contributed by atoms with E-state index < -0.39 is 0 Å². The van der Waals surface area contributed by atoms with Crippen LogP contribution in [-0.4, -0.2) is 18.0 Å². The van der Waals surface area contributed by atoms with E-state index in [1.54, 1.807) is 43.5 Å². The molecule has 0 aliphatic carbocycles. The van der Waals surface area contributed by atoms with Gasteiger partial charge in [-0.3, -0.25) is 4.79 Å². The first-order valence-corrected chi connectivity index (χ1v) is 6.52. The number of allylic oxidation sites excluding steroid dienone is 2. The van der Waals surface area contributed by atoms with Crippen LogP contribution in [0.4, 0.5) is 0 Å². The lowest BCUT2D eigenvalue weighted by Gasteiger charge is -2.02. The average Bonchev–Trinajstić information content (AvgIpc) is 2.52. The Hall–Kier alpha value is -2.81. The van der Waals surface area contributed by atoms with Gasteiger partial charge in [0.2, 0.25) is 0 Å². The molecule has 0 unspecified atom stereocenters. The van der Waals surface area contributed by atoms with E-state index in [0.717, 1.165) is 5.56 Å². The number of rotatable bonds is 5. The standard InChI is InChI=1S/C18H16O3/c1-21-18-9-5-3-7-15(18)11-13-16(19)12-10-14-6-2-4-8-17(14)20/h2-13,20H,1H3/b12-10+,13-11-. The fraction of sp³-hybridized carbons (Fsp3) is 0.0556. The van der Waals surface area contributed by atoms with Gasteiger partial charge in [-0.1, -0.05) is 36.4 Å². The van der Waals surface area contributed by atoms with Crippen LogP contribution < -0.4 is 4.74 Å². The van der Waals surface area contributed by atoms with Crippen molar-refractivity contribution in [2.24, 2.45) is 0 Å². The molecule has 0 aliphatic rings. The summed E-state index contributed by atoms with van der Waals surface area (Å²) in [4.78, 5) is 11.8. The van der Waals surface area contributed by atoms with Crippen molar-refractivity contribution < 1.29 is 14.6 Å². The number of ketones is 1. The molecule has 2 aromatic rings. The Morgan fingerprint density at radius 3 is 2.19 bits per heavy atom. The van der Waals surface area contributed by atoms with Crippen LogP contribution in [0.25, 0.3) is 12.2 Å². The van der Waals surface area contributed by atoms with Crippen molar-refractivity contribution in [3.8, 4) is 11.5 Å². The van der Waals surface area contributed by atoms with Crippen LogP contribution in [0.3, 0.4) is 0 Å². The number of para-hydroxylation sites is 2. The lowest BCUT2D eigenvalue weighted by molar-refractivity contribution is -0.110. The van der Waals surface area contributed by atoms with Gasteiger partial charge in [-0.25, -0.2) is 0 Å². The predicted octanol–water partition coefficient (Wildman–Crippen LogP) is 3.70. The smallest absolute Gasteiger partial charge is 0.178 e. The second kappa shape index (κ2) is 7.10. The van der Waals surface area contributed by atoms with E-state index >= 15 is 0 Å². The van der Waals surface area contributed by atoms with E-state index in [9.17, 15) is 9.90 Å². The first-order valence-electron chi connectivity index (χ1n) is 6.52. The molecule has 0 fully saturated rings. The molecule has 0 spiro atoms. The third kappa shape index (κ3) is 4.08. The summed E-state index contributed by atoms with van der Waals surface area (Å²) in [6.07, 6.45) is 6.18. The minimum absolute atomic E-state index is 0.148. The van der Waals surface area contributed by atoms with Gasteiger partial charge in [-0.05, 0) is 36.4 Å². The van der Waals surface area contributed by atoms with Crippen LogP contribution >= 0.6 is 0 Å². The Kier molecular flexibility index (Phi) is 4.94. The number of benzene rings is 2. The lowest BCUT2D eigenvalue weighted by Crippen LogP contribution is -1.88. The SMILES string of the molecule is COc1ccccc1/C=C\C(=O)/C=C/c1ccccc1O. The number of ether oxygens (including phenoxy) is 1. The summed E-state index contributed by atoms with van der Waals surface area (Å²) in [5.74, 6) is 0.700. The molecule has 0 amide bonds. The zero-order valence-electron chi connectivity index (χ0n) is 11.7. The first-order chi connectivity index (χ1) is 10.2. The largest absolute Gasteiger partial charge is 0.507 e. The monoisotopic (exact) mass is 280 g/mol. The molecule has 0 saturated heterocycles. The maximum absolute atomic E-state index is 11.8. The summed E-state index contributed by atoms with van der Waals surface area (Å²) in [5, 5.41) is 9.60. The Labute approximate surface area is 123 Å². The fourth-order valence-electron chi connectivity index (χ4n) is 1.83. The molecule has 0 aliphatic heterocycles. The predicted molar refractivity (Wildman–Crippen MR) is 84.2 cm³/mol. The van der Waals surface area contributed by atoms with Gasteiger partial charge >= 0.3 is 0 Å². The van der Waals surface area contributed by atoms with Crippen molar-refractivity contribution in [2.75, 3.05) is 7.11 Å². The minimum atomic E-state index is -0.163. The van der Waals surface area contributed by atoms with Gasteiger partial charge in [0.1, 0.15) is 11.5 Å². The minimum Gasteiger partial charge on any atom is -0.507 e. The van der Waals surface area contributed by atoms with Crippen molar-refractivity contribution in [1.82, 2.24) is 0 Å². The summed E-state index contributed by atoms with van der Waals surface area (Å²) >= 11 is 0. The highest BCUT2D eigenvalue weighted by molar-refractivity contribution is 6.04. The number of methoxy groups -OCH3 is 1. The Morgan fingerprint density at radius 2 is 1.52 bits per heavy atom. The van der Waals surface area contributed by atoms with Crippen LogP contribution in [-0.2, 0) is 4.79 Å². The third-order valence-electron chi connectivity index (χ3n) is 2.93. The molecular formula is C18H16O3. The van der Waals surface area contributed by atoms with Crippen molar-refractivity contribution >= 4 is 17.9 Å². The molecule has 2 rings (SSSR count). The van der Waals surface area contributed by atoms with Gasteiger partial charge in [-0.2, -0.15) is 0 Å². The maximum Gasteiger partial charge on any atom is 0.178 e. The van der Waals surface area contributed by atoms with Crippen LogP contribution in [0.15, 0.2) is 60.7 Å². The third-order valence-corrected chi connectivity index (χ3v) is 2.93. The molecule has 106 valence electrons. The van der Waals surface area contributed by atoms with Crippen molar-refractivity contribution in [1.29, 1.82) is 0 Å². The van der Waals surface area contributed by atoms with E-state index in [4.69, 9.17) is 4.74 Å². The molecule has 1 N–H and O–H groups in total. The van der Waals surface area contributed by atoms with E-state index in [1.807, 2.05) is 24.3 Å². The van der Waals surface area contributed by atoms with Crippen molar-refractivity contribution in [3.63, 3.8) is 0 Å². The number of phenols is 1. The average molecular weight is 280 g/mol. The zero-order chi connectivity index (χ0) is 15.1. The molecule has 21 heavy (non-hydrogen) atoms. The normalized spacial score (nSPS) is 11.1. The Bertz CT molecular complexity index is 684. The number of hydrogen-bond acceptors (Lipinski definition) is 3. The van der Waals surface area contributed by atoms with E-state index in [-0.39, 0.29) is 11.5 Å². The first kappa shape index (κ1) is 14.6. The van der Waals surface area contributed by atoms with Gasteiger partial charge in [-0.15, -0.1) is 0 Å². The van der Waals surface area contributed by atoms with Gasteiger partial charge in [0.25, 0.3) is 0 Å². The lowest BCUT2D eigenvalue weighted by atomic mass is 10.1. The maximum atomic E-state index is 11.8. The van der Waals surface area contributed by atoms with Gasteiger partial charge < -0.3 is 9.84 Å². The molecule has 0 radical (unpaired) electrons. The second-order valence-electron chi connectivity index (χ2n) is 4.37. The van der Waals surface area contributed by atoms with E-state index in [2.05, 4.69) is 0 Å². The quantitative estimate of drug-likeness (QED) is 0.849. The van der Waals surface area contributed by atoms with E-state index in [1.165, 1.54) is 12.2 Å². The fourth-order valence-corrected chi connectivity index (χ4v) is 1.83. The van der Waals surface area contributed by atoms with Crippen LogP contribution in [0, 0.1) is 0 Å². The zero-order valence-corrected chi connectivity index (χ0v) is 11.7. The molecular weight excluding hydrogens is 264 g/mol. The molecule has 0 atom stereocenters. The summed E-state index contributed by atoms with van der Waals surface area (Å²) < 4.78 is 5.21. The van der Waals surface area contributed by atoms with Crippen LogP contribution in [0.5, 0.6) is 11.5 Å². The molecule has 0 heterocycles. The van der Waals surface area contributed by atoms with Gasteiger partial charge in [0.15, 0.2) is 5.78 Å². The molecule has 3 heteroatoms.